The fourth-order valence-electron chi connectivity index (χ4n) is 5.94. The van der Waals surface area contributed by atoms with E-state index in [0.717, 1.165) is 6.20 Å². The van der Waals surface area contributed by atoms with Crippen molar-refractivity contribution in [1.82, 2.24) is 25.8 Å². The Balaban J connectivity index is 1.55. The monoisotopic (exact) mass is 782 g/mol. The summed E-state index contributed by atoms with van der Waals surface area (Å²) in [4.78, 5) is 77.3. The van der Waals surface area contributed by atoms with Crippen molar-refractivity contribution >= 4 is 41.0 Å². The molecule has 18 heteroatoms. The standard InChI is InChI=1S/C38H54N8O10/c1-24(2)18-29(41-33(48)19-25-6-8-26(9-7-25)39-32(23-46(55)56)40-27-10-12-28(47)13-11-27)35(50)43-31(37(53)54)22-45-16-14-44(15-17-45)21-30(36(51)52)42-34(49)20-38(3,4)5/h6-13,23-24,29-31,39-40,47H,14-22H2,1-5H3,(H,41,48)(H,42,49)(H,43,50)(H,51,52)(H,53,54). The SMILES string of the molecule is CC(C)CC(NC(=O)Cc1ccc(NC(=C[N+](=O)[O-])Nc2ccc(O)cc2)cc1)C(=O)NC(CN1CCN(CC(NC(=O)CC(C)(C)C)C(=O)O)CC1)C(=O)O. The Kier molecular flexibility index (Phi) is 16.6. The Morgan fingerprint density at radius 1 is 0.768 bits per heavy atom. The van der Waals surface area contributed by atoms with Crippen molar-refractivity contribution in [3.63, 3.8) is 0 Å². The molecule has 1 fully saturated rings. The van der Waals surface area contributed by atoms with Gasteiger partial charge in [0.25, 0.3) is 6.20 Å². The summed E-state index contributed by atoms with van der Waals surface area (Å²) in [6.07, 6.45) is 1.09. The number of hydrogen-bond donors (Lipinski definition) is 8. The van der Waals surface area contributed by atoms with Crippen molar-refractivity contribution in [2.75, 3.05) is 49.9 Å². The Labute approximate surface area is 325 Å². The van der Waals surface area contributed by atoms with Crippen LogP contribution in [-0.2, 0) is 30.4 Å². The number of carbonyl (C=O) groups is 5. The van der Waals surface area contributed by atoms with Crippen LogP contribution in [0.2, 0.25) is 0 Å². The van der Waals surface area contributed by atoms with Crippen LogP contribution in [0.4, 0.5) is 11.4 Å². The molecule has 2 aromatic carbocycles. The highest BCUT2D eigenvalue weighted by Gasteiger charge is 2.31. The molecule has 1 heterocycles. The van der Waals surface area contributed by atoms with Gasteiger partial charge in [0, 0.05) is 57.1 Å². The number of aromatic hydroxyl groups is 1. The number of carboxylic acid groups (broad SMARTS) is 2. The van der Waals surface area contributed by atoms with E-state index in [1.165, 1.54) is 12.1 Å². The number of phenols is 1. The third-order valence-corrected chi connectivity index (χ3v) is 8.62. The number of nitrogens with zero attached hydrogens (tertiary/aromatic N) is 3. The molecule has 8 N–H and O–H groups in total. The third-order valence-electron chi connectivity index (χ3n) is 8.62. The second-order valence-corrected chi connectivity index (χ2v) is 15.4. The Morgan fingerprint density at radius 2 is 1.23 bits per heavy atom. The van der Waals surface area contributed by atoms with Crippen molar-refractivity contribution in [2.24, 2.45) is 11.3 Å². The number of amides is 3. The number of nitrogens with one attached hydrogen (secondary N) is 5. The first kappa shape index (κ1) is 44.6. The fraction of sp³-hybridized carbons (Fsp3) is 0.500. The predicted octanol–water partition coefficient (Wildman–Crippen LogP) is 2.26. The summed E-state index contributed by atoms with van der Waals surface area (Å²) in [5.41, 5.74) is 1.27. The number of anilines is 2. The maximum absolute atomic E-state index is 13.4. The molecular weight excluding hydrogens is 728 g/mol. The molecular formula is C38H54N8O10. The highest BCUT2D eigenvalue weighted by molar-refractivity contribution is 5.91. The number of benzene rings is 2. The molecule has 1 aliphatic heterocycles. The lowest BCUT2D eigenvalue weighted by atomic mass is 9.92. The number of carbonyl (C=O) groups excluding carboxylic acids is 3. The molecule has 0 bridgehead atoms. The maximum Gasteiger partial charge on any atom is 0.327 e. The number of carboxylic acids is 2. The molecule has 3 unspecified atom stereocenters. The lowest BCUT2D eigenvalue weighted by Gasteiger charge is -2.37. The van der Waals surface area contributed by atoms with E-state index >= 15 is 0 Å². The van der Waals surface area contributed by atoms with Crippen molar-refractivity contribution in [1.29, 1.82) is 0 Å². The number of nitro groups is 1. The van der Waals surface area contributed by atoms with Crippen LogP contribution in [0.25, 0.3) is 0 Å². The van der Waals surface area contributed by atoms with E-state index in [1.807, 2.05) is 44.4 Å². The van der Waals surface area contributed by atoms with Gasteiger partial charge in [0.2, 0.25) is 17.7 Å². The number of phenolic OH excluding ortho intramolecular Hbond substituents is 1. The Morgan fingerprint density at radius 3 is 1.68 bits per heavy atom. The zero-order valence-corrected chi connectivity index (χ0v) is 32.4. The van der Waals surface area contributed by atoms with Crippen LogP contribution in [-0.4, -0.2) is 117 Å². The molecule has 1 saturated heterocycles. The van der Waals surface area contributed by atoms with E-state index in [4.69, 9.17) is 0 Å². The molecule has 306 valence electrons. The second kappa shape index (κ2) is 20.8. The largest absolute Gasteiger partial charge is 0.508 e. The molecule has 0 aromatic heterocycles. The lowest BCUT2D eigenvalue weighted by molar-refractivity contribution is -0.403. The maximum atomic E-state index is 13.4. The molecule has 3 amide bonds. The van der Waals surface area contributed by atoms with Crippen LogP contribution >= 0.6 is 0 Å². The van der Waals surface area contributed by atoms with Crippen LogP contribution in [0.1, 0.15) is 53.0 Å². The van der Waals surface area contributed by atoms with Crippen molar-refractivity contribution in [3.05, 3.63) is 76.2 Å². The molecule has 18 nitrogen and oxygen atoms in total. The first-order chi connectivity index (χ1) is 26.3. The number of aliphatic carboxylic acids is 2. The first-order valence-electron chi connectivity index (χ1n) is 18.3. The Hall–Kier alpha value is -5.75. The summed E-state index contributed by atoms with van der Waals surface area (Å²) in [5.74, 6) is -3.76. The van der Waals surface area contributed by atoms with E-state index in [-0.39, 0.29) is 61.2 Å². The quantitative estimate of drug-likeness (QED) is 0.0545. The van der Waals surface area contributed by atoms with Crippen LogP contribution in [0.15, 0.2) is 60.6 Å². The second-order valence-electron chi connectivity index (χ2n) is 15.4. The van der Waals surface area contributed by atoms with Crippen LogP contribution in [0, 0.1) is 21.4 Å². The van der Waals surface area contributed by atoms with Gasteiger partial charge in [0.15, 0.2) is 5.82 Å². The zero-order valence-electron chi connectivity index (χ0n) is 32.4. The predicted molar refractivity (Wildman–Crippen MR) is 208 cm³/mol. The third kappa shape index (κ3) is 16.3. The minimum absolute atomic E-state index is 0.00858. The van der Waals surface area contributed by atoms with Gasteiger partial charge in [0.05, 0.1) is 11.3 Å². The van der Waals surface area contributed by atoms with Gasteiger partial charge in [-0.3, -0.25) is 34.3 Å². The normalized spacial score (nSPS) is 15.6. The summed E-state index contributed by atoms with van der Waals surface area (Å²) in [6.45, 7) is 11.2. The molecule has 0 spiro atoms. The van der Waals surface area contributed by atoms with Gasteiger partial charge < -0.3 is 41.9 Å². The van der Waals surface area contributed by atoms with E-state index in [2.05, 4.69) is 26.6 Å². The molecule has 0 aliphatic carbocycles. The summed E-state index contributed by atoms with van der Waals surface area (Å²) < 4.78 is 0. The van der Waals surface area contributed by atoms with Crippen molar-refractivity contribution < 1.29 is 44.2 Å². The zero-order chi connectivity index (χ0) is 41.6. The average molecular weight is 783 g/mol. The van der Waals surface area contributed by atoms with Crippen LogP contribution < -0.4 is 26.6 Å². The van der Waals surface area contributed by atoms with E-state index in [9.17, 15) is 49.4 Å². The van der Waals surface area contributed by atoms with E-state index < -0.39 is 46.8 Å². The number of piperazine rings is 1. The Bertz CT molecular complexity index is 1700. The van der Waals surface area contributed by atoms with Gasteiger partial charge in [-0.25, -0.2) is 9.59 Å². The summed E-state index contributed by atoms with van der Waals surface area (Å²) in [7, 11) is 0. The van der Waals surface area contributed by atoms with Gasteiger partial charge in [-0.15, -0.1) is 0 Å². The van der Waals surface area contributed by atoms with Crippen LogP contribution in [0.3, 0.4) is 0 Å². The van der Waals surface area contributed by atoms with E-state index in [1.54, 1.807) is 36.4 Å². The minimum atomic E-state index is -1.28. The topological polar surface area (TPSA) is 256 Å². The summed E-state index contributed by atoms with van der Waals surface area (Å²) >= 11 is 0. The van der Waals surface area contributed by atoms with Crippen LogP contribution in [0.5, 0.6) is 5.75 Å². The molecule has 56 heavy (non-hydrogen) atoms. The van der Waals surface area contributed by atoms with Gasteiger partial charge in [0.1, 0.15) is 23.9 Å². The van der Waals surface area contributed by atoms with Crippen molar-refractivity contribution in [3.8, 4) is 5.75 Å². The summed E-state index contributed by atoms with van der Waals surface area (Å²) in [6, 6.07) is 9.12. The van der Waals surface area contributed by atoms with Crippen molar-refractivity contribution in [2.45, 2.75) is 72.0 Å². The highest BCUT2D eigenvalue weighted by Crippen LogP contribution is 2.19. The van der Waals surface area contributed by atoms with E-state index in [0.29, 0.717) is 43.1 Å². The number of rotatable bonds is 20. The minimum Gasteiger partial charge on any atom is -0.508 e. The average Bonchev–Trinajstić information content (AvgIpc) is 3.08. The molecule has 0 radical (unpaired) electrons. The van der Waals surface area contributed by atoms with Gasteiger partial charge >= 0.3 is 11.9 Å². The lowest BCUT2D eigenvalue weighted by Crippen LogP contribution is -2.58. The van der Waals surface area contributed by atoms with Gasteiger partial charge in [-0.1, -0.05) is 46.8 Å². The highest BCUT2D eigenvalue weighted by atomic mass is 16.6. The molecule has 1 aliphatic rings. The van der Waals surface area contributed by atoms with Gasteiger partial charge in [-0.05, 0) is 59.7 Å². The first-order valence-corrected chi connectivity index (χ1v) is 18.3. The fourth-order valence-corrected chi connectivity index (χ4v) is 5.94. The smallest absolute Gasteiger partial charge is 0.327 e. The number of hydrogen-bond acceptors (Lipinski definition) is 12. The van der Waals surface area contributed by atoms with Gasteiger partial charge in [-0.2, -0.15) is 0 Å². The molecule has 3 rings (SSSR count). The summed E-state index contributed by atoms with van der Waals surface area (Å²) in [5, 5.41) is 54.1. The molecule has 2 aromatic rings. The molecule has 3 atom stereocenters. The molecule has 0 saturated carbocycles.